The molecule has 1 heterocycles. The highest BCUT2D eigenvalue weighted by Crippen LogP contribution is 2.32. The third kappa shape index (κ3) is 10.1. The van der Waals surface area contributed by atoms with Gasteiger partial charge < -0.3 is 9.52 Å². The second kappa shape index (κ2) is 16.0. The molecule has 3 heteroatoms. The Bertz CT molecular complexity index is 1210. The molecule has 0 saturated carbocycles. The second-order valence-electron chi connectivity index (χ2n) is 13.2. The van der Waals surface area contributed by atoms with Crippen LogP contribution in [0.15, 0.2) is 57.7 Å². The quantitative estimate of drug-likeness (QED) is 0.171. The van der Waals surface area contributed by atoms with E-state index >= 15 is 0 Å². The summed E-state index contributed by atoms with van der Waals surface area (Å²) in [5.74, 6) is 3.18. The molecule has 0 aliphatic heterocycles. The van der Waals surface area contributed by atoms with Gasteiger partial charge in [0.25, 0.3) is 0 Å². The van der Waals surface area contributed by atoms with Crippen LogP contribution in [-0.4, -0.2) is 5.11 Å². The van der Waals surface area contributed by atoms with Crippen molar-refractivity contribution in [1.82, 2.24) is 0 Å². The SMILES string of the molecule is Cc1ccc(CC(Cc2c(O)c3ccccc3oc2=O)C(C)CCCC(C)CCCC(C)CCCC(C)C)cc1. The second-order valence-corrected chi connectivity index (χ2v) is 13.2. The van der Waals surface area contributed by atoms with Crippen molar-refractivity contribution < 1.29 is 9.52 Å². The van der Waals surface area contributed by atoms with Crippen molar-refractivity contribution in [2.24, 2.45) is 29.6 Å². The predicted molar refractivity (Wildman–Crippen MR) is 170 cm³/mol. The molecule has 0 aliphatic rings. The molecule has 40 heavy (non-hydrogen) atoms. The van der Waals surface area contributed by atoms with Crippen LogP contribution in [0.3, 0.4) is 0 Å². The van der Waals surface area contributed by atoms with Crippen LogP contribution < -0.4 is 5.63 Å². The van der Waals surface area contributed by atoms with E-state index in [1.807, 2.05) is 18.2 Å². The van der Waals surface area contributed by atoms with E-state index in [9.17, 15) is 9.90 Å². The number of benzene rings is 2. The van der Waals surface area contributed by atoms with Gasteiger partial charge in [0.05, 0.1) is 10.9 Å². The largest absolute Gasteiger partial charge is 0.507 e. The predicted octanol–water partition coefficient (Wildman–Crippen LogP) is 10.3. The highest BCUT2D eigenvalue weighted by atomic mass is 16.4. The van der Waals surface area contributed by atoms with Crippen LogP contribution in [0.1, 0.15) is 109 Å². The molecule has 3 rings (SSSR count). The van der Waals surface area contributed by atoms with Gasteiger partial charge in [0.1, 0.15) is 11.3 Å². The topological polar surface area (TPSA) is 50.4 Å². The molecule has 3 nitrogen and oxygen atoms in total. The fourth-order valence-corrected chi connectivity index (χ4v) is 6.12. The summed E-state index contributed by atoms with van der Waals surface area (Å²) in [6.45, 7) is 13.9. The summed E-state index contributed by atoms with van der Waals surface area (Å²) in [6.07, 6.45) is 13.1. The zero-order valence-corrected chi connectivity index (χ0v) is 26.0. The van der Waals surface area contributed by atoms with E-state index in [0.29, 0.717) is 28.9 Å². The van der Waals surface area contributed by atoms with Gasteiger partial charge in [-0.25, -0.2) is 4.79 Å². The summed E-state index contributed by atoms with van der Waals surface area (Å²) in [5, 5.41) is 11.7. The summed E-state index contributed by atoms with van der Waals surface area (Å²) in [7, 11) is 0. The average Bonchev–Trinajstić information content (AvgIpc) is 2.91. The van der Waals surface area contributed by atoms with E-state index in [1.165, 1.54) is 62.5 Å². The molecular weight excluding hydrogens is 492 g/mol. The molecule has 1 aromatic heterocycles. The molecule has 0 saturated heterocycles. The Labute approximate surface area is 243 Å². The third-order valence-corrected chi connectivity index (χ3v) is 9.00. The number of hydrogen-bond donors (Lipinski definition) is 1. The summed E-state index contributed by atoms with van der Waals surface area (Å²) in [5.41, 5.74) is 2.97. The number of rotatable bonds is 17. The molecule has 220 valence electrons. The van der Waals surface area contributed by atoms with Crippen molar-refractivity contribution >= 4 is 11.0 Å². The fourth-order valence-electron chi connectivity index (χ4n) is 6.12. The summed E-state index contributed by atoms with van der Waals surface area (Å²) >= 11 is 0. The van der Waals surface area contributed by atoms with E-state index in [4.69, 9.17) is 4.42 Å². The van der Waals surface area contributed by atoms with Gasteiger partial charge in [-0.3, -0.25) is 0 Å². The first kappa shape index (κ1) is 32.0. The Hall–Kier alpha value is -2.55. The lowest BCUT2D eigenvalue weighted by Gasteiger charge is -2.25. The molecular formula is C37H54O3. The minimum absolute atomic E-state index is 0.0833. The summed E-state index contributed by atoms with van der Waals surface area (Å²) < 4.78 is 5.60. The maximum Gasteiger partial charge on any atom is 0.343 e. The number of hydrogen-bond acceptors (Lipinski definition) is 3. The van der Waals surface area contributed by atoms with Gasteiger partial charge >= 0.3 is 5.63 Å². The van der Waals surface area contributed by atoms with Crippen molar-refractivity contribution in [1.29, 1.82) is 0 Å². The Morgan fingerprint density at radius 2 is 1.30 bits per heavy atom. The molecule has 3 aromatic rings. The van der Waals surface area contributed by atoms with Crippen LogP contribution in [0.5, 0.6) is 5.75 Å². The maximum absolute atomic E-state index is 12.9. The monoisotopic (exact) mass is 546 g/mol. The van der Waals surface area contributed by atoms with E-state index in [-0.39, 0.29) is 11.7 Å². The molecule has 4 atom stereocenters. The molecule has 0 fully saturated rings. The van der Waals surface area contributed by atoms with E-state index in [2.05, 4.69) is 65.8 Å². The number of para-hydroxylation sites is 1. The third-order valence-electron chi connectivity index (χ3n) is 9.00. The lowest BCUT2D eigenvalue weighted by atomic mass is 9.80. The lowest BCUT2D eigenvalue weighted by Crippen LogP contribution is -2.21. The Balaban J connectivity index is 1.58. The normalized spacial score (nSPS) is 14.9. The lowest BCUT2D eigenvalue weighted by molar-refractivity contribution is 0.304. The maximum atomic E-state index is 12.9. The van der Waals surface area contributed by atoms with Crippen LogP contribution in [-0.2, 0) is 12.8 Å². The summed E-state index contributed by atoms with van der Waals surface area (Å²) in [6, 6.07) is 16.0. The molecule has 4 unspecified atom stereocenters. The van der Waals surface area contributed by atoms with Crippen LogP contribution in [0.4, 0.5) is 0 Å². The first-order chi connectivity index (χ1) is 19.1. The van der Waals surface area contributed by atoms with Gasteiger partial charge in [-0.15, -0.1) is 0 Å². The van der Waals surface area contributed by atoms with Crippen molar-refractivity contribution in [3.63, 3.8) is 0 Å². The molecule has 0 amide bonds. The number of aryl methyl sites for hydroxylation is 1. The van der Waals surface area contributed by atoms with Gasteiger partial charge in [0.2, 0.25) is 0 Å². The molecule has 0 radical (unpaired) electrons. The molecule has 0 aliphatic carbocycles. The first-order valence-electron chi connectivity index (χ1n) is 15.9. The van der Waals surface area contributed by atoms with Crippen LogP contribution in [0.25, 0.3) is 11.0 Å². The minimum Gasteiger partial charge on any atom is -0.507 e. The molecule has 1 N–H and O–H groups in total. The Morgan fingerprint density at radius 3 is 1.93 bits per heavy atom. The van der Waals surface area contributed by atoms with Crippen molar-refractivity contribution in [2.75, 3.05) is 0 Å². The molecule has 0 spiro atoms. The average molecular weight is 547 g/mol. The van der Waals surface area contributed by atoms with Crippen molar-refractivity contribution in [2.45, 2.75) is 112 Å². The van der Waals surface area contributed by atoms with Crippen molar-refractivity contribution in [3.8, 4) is 5.75 Å². The van der Waals surface area contributed by atoms with E-state index in [1.54, 1.807) is 6.07 Å². The van der Waals surface area contributed by atoms with Crippen LogP contribution in [0, 0.1) is 36.5 Å². The van der Waals surface area contributed by atoms with E-state index in [0.717, 1.165) is 30.6 Å². The highest BCUT2D eigenvalue weighted by molar-refractivity contribution is 5.83. The minimum atomic E-state index is -0.413. The number of aromatic hydroxyl groups is 1. The van der Waals surface area contributed by atoms with Gasteiger partial charge in [-0.2, -0.15) is 0 Å². The smallest absolute Gasteiger partial charge is 0.343 e. The molecule has 0 bridgehead atoms. The van der Waals surface area contributed by atoms with Gasteiger partial charge in [-0.05, 0) is 67.1 Å². The highest BCUT2D eigenvalue weighted by Gasteiger charge is 2.24. The zero-order valence-electron chi connectivity index (χ0n) is 26.0. The number of fused-ring (bicyclic) bond motifs is 1. The molecule has 2 aromatic carbocycles. The fraction of sp³-hybridized carbons (Fsp3) is 0.595. The van der Waals surface area contributed by atoms with E-state index < -0.39 is 5.63 Å². The van der Waals surface area contributed by atoms with Gasteiger partial charge in [-0.1, -0.05) is 134 Å². The van der Waals surface area contributed by atoms with Crippen molar-refractivity contribution in [3.05, 3.63) is 75.6 Å². The zero-order chi connectivity index (χ0) is 29.1. The summed E-state index contributed by atoms with van der Waals surface area (Å²) in [4.78, 5) is 12.9. The van der Waals surface area contributed by atoms with Crippen LogP contribution >= 0.6 is 0 Å². The van der Waals surface area contributed by atoms with Gasteiger partial charge in [0.15, 0.2) is 0 Å². The Kier molecular flexibility index (Phi) is 12.8. The van der Waals surface area contributed by atoms with Crippen LogP contribution in [0.2, 0.25) is 0 Å². The first-order valence-corrected chi connectivity index (χ1v) is 15.9. The van der Waals surface area contributed by atoms with Gasteiger partial charge in [0, 0.05) is 0 Å². The standard InChI is InChI=1S/C37H54O3/c1-26(2)12-9-13-27(3)14-10-15-28(4)16-11-17-30(6)32(24-31-22-20-29(5)21-23-31)25-34-36(38)33-18-7-8-19-35(33)40-37(34)39/h7-8,18-23,26-28,30,32,38H,9-17,24-25H2,1-6H3. The Morgan fingerprint density at radius 1 is 0.725 bits per heavy atom.